The van der Waals surface area contributed by atoms with Crippen LogP contribution < -0.4 is 0 Å². The number of nitrogens with zero attached hydrogens (tertiary/aromatic N) is 2. The number of carbonyl (C=O) groups excluding carboxylic acids is 1. The molecule has 0 N–H and O–H groups in total. The second-order valence-corrected chi connectivity index (χ2v) is 9.16. The molecule has 1 unspecified atom stereocenters. The number of hydrogen-bond acceptors (Lipinski definition) is 3. The molecule has 1 amide bonds. The largest absolute Gasteiger partial charge is 0.444 e. The normalized spacial score (nSPS) is 22.2. The second-order valence-electron chi connectivity index (χ2n) is 8.78. The van der Waals surface area contributed by atoms with Crippen molar-refractivity contribution in [1.29, 1.82) is 0 Å². The van der Waals surface area contributed by atoms with Crippen molar-refractivity contribution >= 4 is 17.7 Å². The number of likely N-dealkylation sites (tertiary alicyclic amines) is 1. The summed E-state index contributed by atoms with van der Waals surface area (Å²) in [4.78, 5) is 19.2. The van der Waals surface area contributed by atoms with Crippen LogP contribution in [0.1, 0.15) is 65.9 Å². The van der Waals surface area contributed by atoms with E-state index < -0.39 is 5.60 Å². The van der Waals surface area contributed by atoms with Gasteiger partial charge in [-0.25, -0.2) is 9.78 Å². The summed E-state index contributed by atoms with van der Waals surface area (Å²) >= 11 is 5.92. The monoisotopic (exact) mass is 378 g/mol. The summed E-state index contributed by atoms with van der Waals surface area (Å²) in [6.45, 7) is 16.1. The fourth-order valence-corrected chi connectivity index (χ4v) is 3.76. The summed E-state index contributed by atoms with van der Waals surface area (Å²) in [7, 11) is 0. The number of aromatic nitrogens is 1. The molecule has 2 rings (SSSR count). The molecule has 0 aliphatic carbocycles. The molecule has 0 spiro atoms. The Morgan fingerprint density at radius 1 is 1.35 bits per heavy atom. The van der Waals surface area contributed by atoms with Crippen LogP contribution >= 0.6 is 11.6 Å². The summed E-state index contributed by atoms with van der Waals surface area (Å²) in [6.07, 6.45) is 5.32. The molecular formula is C21H31ClN2O2. The van der Waals surface area contributed by atoms with Gasteiger partial charge in [0.2, 0.25) is 0 Å². The van der Waals surface area contributed by atoms with Crippen LogP contribution in [0.3, 0.4) is 0 Å². The van der Waals surface area contributed by atoms with Gasteiger partial charge in [-0.15, -0.1) is 6.58 Å². The molecule has 5 heteroatoms. The standard InChI is InChI=1S/C21H31ClN2O2/c1-8-21(6,7)17-11-10-16(24(17)19(25)26-20(3,4)5)14(2)15-9-12-18(22)23-13-15/h8-9,12-14,16-17H,1,10-11H2,2-7H3/t14?,16-,17+/m1/s1. The first-order chi connectivity index (χ1) is 12.0. The van der Waals surface area contributed by atoms with Crippen LogP contribution in [0.4, 0.5) is 4.79 Å². The van der Waals surface area contributed by atoms with Crippen LogP contribution in [-0.4, -0.2) is 33.7 Å². The van der Waals surface area contributed by atoms with Gasteiger partial charge in [-0.1, -0.05) is 44.5 Å². The summed E-state index contributed by atoms with van der Waals surface area (Å²) < 4.78 is 5.74. The highest BCUT2D eigenvalue weighted by Crippen LogP contribution is 2.42. The van der Waals surface area contributed by atoms with Gasteiger partial charge in [0.1, 0.15) is 10.8 Å². The quantitative estimate of drug-likeness (QED) is 0.489. The van der Waals surface area contributed by atoms with Gasteiger partial charge in [0.05, 0.1) is 0 Å². The molecule has 26 heavy (non-hydrogen) atoms. The van der Waals surface area contributed by atoms with Crippen molar-refractivity contribution in [2.24, 2.45) is 5.41 Å². The smallest absolute Gasteiger partial charge is 0.410 e. The summed E-state index contributed by atoms with van der Waals surface area (Å²) in [5.74, 6) is 0.137. The predicted molar refractivity (Wildman–Crippen MR) is 107 cm³/mol. The topological polar surface area (TPSA) is 42.4 Å². The lowest BCUT2D eigenvalue weighted by Gasteiger charge is -2.40. The Morgan fingerprint density at radius 2 is 2.00 bits per heavy atom. The number of ether oxygens (including phenoxy) is 1. The Morgan fingerprint density at radius 3 is 2.50 bits per heavy atom. The van der Waals surface area contributed by atoms with Gasteiger partial charge < -0.3 is 9.64 Å². The lowest BCUT2D eigenvalue weighted by atomic mass is 9.83. The lowest BCUT2D eigenvalue weighted by Crippen LogP contribution is -2.50. The van der Waals surface area contributed by atoms with E-state index in [1.54, 1.807) is 12.3 Å². The molecule has 0 radical (unpaired) electrons. The van der Waals surface area contributed by atoms with Crippen molar-refractivity contribution in [2.75, 3.05) is 0 Å². The van der Waals surface area contributed by atoms with E-state index >= 15 is 0 Å². The number of pyridine rings is 1. The minimum absolute atomic E-state index is 0.0528. The van der Waals surface area contributed by atoms with Crippen molar-refractivity contribution < 1.29 is 9.53 Å². The van der Waals surface area contributed by atoms with Crippen LogP contribution in [-0.2, 0) is 4.74 Å². The Labute approximate surface area is 162 Å². The fourth-order valence-electron chi connectivity index (χ4n) is 3.65. The average molecular weight is 379 g/mol. The first kappa shape index (κ1) is 20.8. The van der Waals surface area contributed by atoms with E-state index in [0.29, 0.717) is 5.15 Å². The number of halogens is 1. The predicted octanol–water partition coefficient (Wildman–Crippen LogP) is 5.82. The zero-order valence-corrected chi connectivity index (χ0v) is 17.5. The molecule has 2 heterocycles. The van der Waals surface area contributed by atoms with E-state index in [1.165, 1.54) is 0 Å². The summed E-state index contributed by atoms with van der Waals surface area (Å²) in [5, 5.41) is 0.474. The van der Waals surface area contributed by atoms with E-state index in [2.05, 4.69) is 32.3 Å². The van der Waals surface area contributed by atoms with E-state index in [9.17, 15) is 4.79 Å². The van der Waals surface area contributed by atoms with Crippen LogP contribution in [0.5, 0.6) is 0 Å². The second kappa shape index (κ2) is 7.59. The number of carbonyl (C=O) groups is 1. The minimum Gasteiger partial charge on any atom is -0.444 e. The van der Waals surface area contributed by atoms with Gasteiger partial charge in [0.15, 0.2) is 0 Å². The van der Waals surface area contributed by atoms with Crippen molar-refractivity contribution in [1.82, 2.24) is 9.88 Å². The molecule has 0 saturated carbocycles. The molecule has 1 fully saturated rings. The van der Waals surface area contributed by atoms with Crippen molar-refractivity contribution in [3.8, 4) is 0 Å². The molecule has 144 valence electrons. The highest BCUT2D eigenvalue weighted by Gasteiger charge is 2.46. The van der Waals surface area contributed by atoms with Gasteiger partial charge in [-0.3, -0.25) is 0 Å². The number of hydrogen-bond donors (Lipinski definition) is 0. The maximum atomic E-state index is 13.1. The third-order valence-corrected chi connectivity index (χ3v) is 5.49. The molecule has 1 aliphatic rings. The minimum atomic E-state index is -0.530. The van der Waals surface area contributed by atoms with Crippen LogP contribution in [0.15, 0.2) is 31.0 Å². The van der Waals surface area contributed by atoms with E-state index in [0.717, 1.165) is 18.4 Å². The Bertz CT molecular complexity index is 649. The van der Waals surface area contributed by atoms with E-state index in [4.69, 9.17) is 16.3 Å². The highest BCUT2D eigenvalue weighted by atomic mass is 35.5. The van der Waals surface area contributed by atoms with E-state index in [1.807, 2.05) is 37.8 Å². The molecule has 1 aromatic rings. The van der Waals surface area contributed by atoms with Crippen LogP contribution in [0.25, 0.3) is 0 Å². The molecule has 4 nitrogen and oxygen atoms in total. The molecular weight excluding hydrogens is 348 g/mol. The molecule has 3 atom stereocenters. The van der Waals surface area contributed by atoms with Crippen LogP contribution in [0, 0.1) is 5.41 Å². The lowest BCUT2D eigenvalue weighted by molar-refractivity contribution is 0.00340. The van der Waals surface area contributed by atoms with Crippen molar-refractivity contribution in [2.45, 2.75) is 78.0 Å². The third-order valence-electron chi connectivity index (χ3n) is 5.27. The first-order valence-electron chi connectivity index (χ1n) is 9.22. The Balaban J connectivity index is 2.35. The maximum Gasteiger partial charge on any atom is 0.410 e. The zero-order valence-electron chi connectivity index (χ0n) is 16.8. The van der Waals surface area contributed by atoms with Gasteiger partial charge >= 0.3 is 6.09 Å². The van der Waals surface area contributed by atoms with E-state index in [-0.39, 0.29) is 29.5 Å². The van der Waals surface area contributed by atoms with Gasteiger partial charge in [0, 0.05) is 29.6 Å². The van der Waals surface area contributed by atoms with Gasteiger partial charge in [-0.05, 0) is 45.2 Å². The Kier molecular flexibility index (Phi) is 6.06. The van der Waals surface area contributed by atoms with Crippen LogP contribution in [0.2, 0.25) is 5.15 Å². The summed E-state index contributed by atoms with van der Waals surface area (Å²) in [6, 6.07) is 3.89. The number of rotatable bonds is 4. The molecule has 1 saturated heterocycles. The summed E-state index contributed by atoms with van der Waals surface area (Å²) in [5.41, 5.74) is 0.354. The zero-order chi connectivity index (χ0) is 19.7. The highest BCUT2D eigenvalue weighted by molar-refractivity contribution is 6.29. The maximum absolute atomic E-state index is 13.1. The van der Waals surface area contributed by atoms with Gasteiger partial charge in [0.25, 0.3) is 0 Å². The third kappa shape index (κ3) is 4.59. The molecule has 0 aromatic carbocycles. The van der Waals surface area contributed by atoms with Gasteiger partial charge in [-0.2, -0.15) is 0 Å². The molecule has 1 aromatic heterocycles. The van der Waals surface area contributed by atoms with Crippen molar-refractivity contribution in [3.05, 3.63) is 41.7 Å². The Hall–Kier alpha value is -1.55. The molecule has 0 bridgehead atoms. The fraction of sp³-hybridized carbons (Fsp3) is 0.619. The molecule has 1 aliphatic heterocycles. The number of amides is 1. The average Bonchev–Trinajstić information content (AvgIpc) is 2.99. The SMILES string of the molecule is C=CC(C)(C)[C@@H]1CC[C@H](C(C)c2ccc(Cl)nc2)N1C(=O)OC(C)(C)C. The van der Waals surface area contributed by atoms with Crippen molar-refractivity contribution in [3.63, 3.8) is 0 Å². The first-order valence-corrected chi connectivity index (χ1v) is 9.60.